The summed E-state index contributed by atoms with van der Waals surface area (Å²) >= 11 is 1.30. The Balaban J connectivity index is 2.14. The first-order valence-corrected chi connectivity index (χ1v) is 6.02. The van der Waals surface area contributed by atoms with Crippen LogP contribution in [0.25, 0.3) is 0 Å². The first kappa shape index (κ1) is 12.3. The summed E-state index contributed by atoms with van der Waals surface area (Å²) in [6.07, 6.45) is 0. The Morgan fingerprint density at radius 3 is 2.60 bits per heavy atom. The molecule has 5 nitrogen and oxygen atoms in total. The molecule has 0 atom stereocenters. The Morgan fingerprint density at radius 1 is 1.33 bits per heavy atom. The first-order chi connectivity index (χ1) is 7.24. The van der Waals surface area contributed by atoms with Gasteiger partial charge >= 0.3 is 5.97 Å². The lowest BCUT2D eigenvalue weighted by molar-refractivity contribution is -0.137. The Hall–Kier alpha value is -0.750. The summed E-state index contributed by atoms with van der Waals surface area (Å²) in [5.74, 6) is 0.419. The number of rotatable bonds is 4. The minimum atomic E-state index is -0.284. The molecule has 6 heteroatoms. The number of ether oxygens (including phenoxy) is 1. The second kappa shape index (κ2) is 6.68. The van der Waals surface area contributed by atoms with Gasteiger partial charge in [0.05, 0.1) is 18.6 Å². The molecular formula is C9H16N2O3S. The minimum absolute atomic E-state index is 0.102. The number of hydrogen-bond donors (Lipinski definition) is 1. The number of piperazine rings is 1. The van der Waals surface area contributed by atoms with Crippen LogP contribution in [0.3, 0.4) is 0 Å². The van der Waals surface area contributed by atoms with Crippen LogP contribution >= 0.6 is 11.8 Å². The molecule has 1 aliphatic heterocycles. The molecule has 15 heavy (non-hydrogen) atoms. The van der Waals surface area contributed by atoms with E-state index >= 15 is 0 Å². The van der Waals surface area contributed by atoms with Gasteiger partial charge in [-0.05, 0) is 0 Å². The molecule has 0 aliphatic carbocycles. The molecule has 0 aromatic rings. The second-order valence-corrected chi connectivity index (χ2v) is 4.19. The van der Waals surface area contributed by atoms with E-state index in [0.29, 0.717) is 5.75 Å². The van der Waals surface area contributed by atoms with Crippen LogP contribution in [-0.2, 0) is 14.3 Å². The van der Waals surface area contributed by atoms with E-state index in [2.05, 4.69) is 10.1 Å². The number of nitrogens with zero attached hydrogens (tertiary/aromatic N) is 1. The number of carbonyl (C=O) groups is 2. The third-order valence-corrected chi connectivity index (χ3v) is 3.03. The SMILES string of the molecule is COC(=O)CSCC(=O)N1CCNCC1. The highest BCUT2D eigenvalue weighted by Crippen LogP contribution is 2.04. The molecule has 1 amide bonds. The fourth-order valence-corrected chi connectivity index (χ4v) is 2.03. The number of amides is 1. The molecule has 1 fully saturated rings. The van der Waals surface area contributed by atoms with E-state index < -0.39 is 0 Å². The van der Waals surface area contributed by atoms with Gasteiger partial charge in [0.1, 0.15) is 0 Å². The topological polar surface area (TPSA) is 58.6 Å². The summed E-state index contributed by atoms with van der Waals surface area (Å²) in [4.78, 5) is 24.2. The molecule has 0 aromatic heterocycles. The Kier molecular flexibility index (Phi) is 5.49. The summed E-state index contributed by atoms with van der Waals surface area (Å²) in [7, 11) is 1.35. The van der Waals surface area contributed by atoms with Crippen molar-refractivity contribution >= 4 is 23.6 Å². The van der Waals surface area contributed by atoms with E-state index in [1.807, 2.05) is 4.90 Å². The predicted molar refractivity (Wildman–Crippen MR) is 58.8 cm³/mol. The third kappa shape index (κ3) is 4.53. The lowest BCUT2D eigenvalue weighted by Crippen LogP contribution is -2.47. The van der Waals surface area contributed by atoms with E-state index in [4.69, 9.17) is 0 Å². The molecule has 1 heterocycles. The van der Waals surface area contributed by atoms with Gasteiger partial charge in [-0.25, -0.2) is 0 Å². The molecular weight excluding hydrogens is 216 g/mol. The zero-order valence-corrected chi connectivity index (χ0v) is 9.64. The van der Waals surface area contributed by atoms with Gasteiger partial charge < -0.3 is 15.0 Å². The number of esters is 1. The molecule has 0 radical (unpaired) electrons. The monoisotopic (exact) mass is 232 g/mol. The molecule has 0 unspecified atom stereocenters. The Labute approximate surface area is 93.5 Å². The fraction of sp³-hybridized carbons (Fsp3) is 0.778. The maximum atomic E-state index is 11.6. The quantitative estimate of drug-likeness (QED) is 0.651. The van der Waals surface area contributed by atoms with Crippen molar-refractivity contribution in [1.29, 1.82) is 0 Å². The van der Waals surface area contributed by atoms with Gasteiger partial charge in [-0.2, -0.15) is 0 Å². The number of nitrogens with one attached hydrogen (secondary N) is 1. The maximum Gasteiger partial charge on any atom is 0.315 e. The fourth-order valence-electron chi connectivity index (χ4n) is 1.29. The summed E-state index contributed by atoms with van der Waals surface area (Å²) in [5, 5.41) is 3.18. The Bertz CT molecular complexity index is 229. The molecule has 0 bridgehead atoms. The van der Waals surface area contributed by atoms with E-state index in [-0.39, 0.29) is 17.6 Å². The average Bonchev–Trinajstić information content (AvgIpc) is 2.29. The maximum absolute atomic E-state index is 11.6. The molecule has 86 valence electrons. The van der Waals surface area contributed by atoms with Crippen LogP contribution in [-0.4, -0.2) is 61.6 Å². The standard InChI is InChI=1S/C9H16N2O3S/c1-14-9(13)7-15-6-8(12)11-4-2-10-3-5-11/h10H,2-7H2,1H3. The van der Waals surface area contributed by atoms with Gasteiger partial charge in [-0.1, -0.05) is 0 Å². The van der Waals surface area contributed by atoms with Crippen molar-refractivity contribution in [2.24, 2.45) is 0 Å². The third-order valence-electron chi connectivity index (χ3n) is 2.14. The van der Waals surface area contributed by atoms with Gasteiger partial charge in [-0.3, -0.25) is 9.59 Å². The van der Waals surface area contributed by atoms with Gasteiger partial charge in [0.2, 0.25) is 5.91 Å². The number of carbonyl (C=O) groups excluding carboxylic acids is 2. The van der Waals surface area contributed by atoms with Crippen LogP contribution < -0.4 is 5.32 Å². The van der Waals surface area contributed by atoms with Crippen molar-refractivity contribution in [3.8, 4) is 0 Å². The van der Waals surface area contributed by atoms with Crippen LogP contribution in [0, 0.1) is 0 Å². The molecule has 1 N–H and O–H groups in total. The molecule has 0 aromatic carbocycles. The van der Waals surface area contributed by atoms with E-state index in [0.717, 1.165) is 26.2 Å². The molecule has 1 rings (SSSR count). The highest BCUT2D eigenvalue weighted by atomic mass is 32.2. The molecule has 0 saturated carbocycles. The second-order valence-electron chi connectivity index (χ2n) is 3.20. The zero-order valence-electron chi connectivity index (χ0n) is 8.82. The summed E-state index contributed by atoms with van der Waals surface area (Å²) in [5.41, 5.74) is 0. The first-order valence-electron chi connectivity index (χ1n) is 4.87. The highest BCUT2D eigenvalue weighted by molar-refractivity contribution is 8.00. The number of methoxy groups -OCH3 is 1. The molecule has 0 spiro atoms. The lowest BCUT2D eigenvalue weighted by atomic mass is 10.3. The van der Waals surface area contributed by atoms with Crippen LogP contribution in [0.5, 0.6) is 0 Å². The van der Waals surface area contributed by atoms with E-state index in [9.17, 15) is 9.59 Å². The van der Waals surface area contributed by atoms with Crippen molar-refractivity contribution in [3.05, 3.63) is 0 Å². The largest absolute Gasteiger partial charge is 0.468 e. The van der Waals surface area contributed by atoms with Crippen LogP contribution in [0.4, 0.5) is 0 Å². The summed E-state index contributed by atoms with van der Waals surface area (Å²) in [6, 6.07) is 0. The smallest absolute Gasteiger partial charge is 0.315 e. The van der Waals surface area contributed by atoms with Crippen molar-refractivity contribution < 1.29 is 14.3 Å². The van der Waals surface area contributed by atoms with Crippen molar-refractivity contribution in [2.45, 2.75) is 0 Å². The average molecular weight is 232 g/mol. The van der Waals surface area contributed by atoms with Crippen LogP contribution in [0.1, 0.15) is 0 Å². The van der Waals surface area contributed by atoms with Gasteiger partial charge in [0, 0.05) is 26.2 Å². The Morgan fingerprint density at radius 2 is 2.00 bits per heavy atom. The van der Waals surface area contributed by atoms with Crippen LogP contribution in [0.2, 0.25) is 0 Å². The van der Waals surface area contributed by atoms with Gasteiger partial charge in [0.15, 0.2) is 0 Å². The van der Waals surface area contributed by atoms with Crippen LogP contribution in [0.15, 0.2) is 0 Å². The van der Waals surface area contributed by atoms with Crippen molar-refractivity contribution in [2.75, 3.05) is 44.8 Å². The molecule has 1 aliphatic rings. The van der Waals surface area contributed by atoms with E-state index in [1.165, 1.54) is 18.9 Å². The highest BCUT2D eigenvalue weighted by Gasteiger charge is 2.16. The predicted octanol–water partition coefficient (Wildman–Crippen LogP) is -0.676. The van der Waals surface area contributed by atoms with E-state index in [1.54, 1.807) is 0 Å². The van der Waals surface area contributed by atoms with Gasteiger partial charge in [0.25, 0.3) is 0 Å². The lowest BCUT2D eigenvalue weighted by Gasteiger charge is -2.27. The summed E-state index contributed by atoms with van der Waals surface area (Å²) in [6.45, 7) is 3.23. The zero-order chi connectivity index (χ0) is 11.1. The number of hydrogen-bond acceptors (Lipinski definition) is 5. The number of thioether (sulfide) groups is 1. The van der Waals surface area contributed by atoms with Crippen molar-refractivity contribution in [1.82, 2.24) is 10.2 Å². The summed E-state index contributed by atoms with van der Waals surface area (Å²) < 4.78 is 4.48. The van der Waals surface area contributed by atoms with Gasteiger partial charge in [-0.15, -0.1) is 11.8 Å². The van der Waals surface area contributed by atoms with Crippen molar-refractivity contribution in [3.63, 3.8) is 0 Å². The normalized spacial score (nSPS) is 16.2. The molecule has 1 saturated heterocycles. The minimum Gasteiger partial charge on any atom is -0.468 e.